The molecule has 7 heteroatoms. The molecule has 0 fully saturated rings. The fourth-order valence-corrected chi connectivity index (χ4v) is 1.77. The number of nitrogens with zero attached hydrogens (tertiary/aromatic N) is 2. The molecule has 2 rings (SSSR count). The first-order valence-corrected chi connectivity index (χ1v) is 6.02. The Labute approximate surface area is 119 Å². The van der Waals surface area contributed by atoms with Gasteiger partial charge in [-0.3, -0.25) is 14.5 Å². The van der Waals surface area contributed by atoms with Gasteiger partial charge in [0.2, 0.25) is 5.75 Å². The lowest BCUT2D eigenvalue weighted by Crippen LogP contribution is -2.25. The first kappa shape index (κ1) is 14.8. The van der Waals surface area contributed by atoms with Crippen molar-refractivity contribution >= 4 is 23.8 Å². The van der Waals surface area contributed by atoms with Crippen molar-refractivity contribution in [3.63, 3.8) is 0 Å². The van der Waals surface area contributed by atoms with Crippen LogP contribution in [0.1, 0.15) is 19.4 Å². The Morgan fingerprint density at radius 1 is 1.33 bits per heavy atom. The van der Waals surface area contributed by atoms with Gasteiger partial charge in [0.25, 0.3) is 5.91 Å². The highest BCUT2D eigenvalue weighted by molar-refractivity contribution is 6.13. The van der Waals surface area contributed by atoms with E-state index in [1.165, 1.54) is 11.0 Å². The molecule has 1 aromatic rings. The first-order valence-electron chi connectivity index (χ1n) is 6.02. The van der Waals surface area contributed by atoms with Crippen molar-refractivity contribution in [2.75, 3.05) is 7.05 Å². The van der Waals surface area contributed by atoms with Gasteiger partial charge in [0.1, 0.15) is 11.5 Å². The van der Waals surface area contributed by atoms with Crippen molar-refractivity contribution in [1.82, 2.24) is 4.90 Å². The molecule has 0 aliphatic carbocycles. The summed E-state index contributed by atoms with van der Waals surface area (Å²) in [6.07, 6.45) is 1.26. The summed E-state index contributed by atoms with van der Waals surface area (Å²) in [5.41, 5.74) is 0.185. The van der Waals surface area contributed by atoms with Gasteiger partial charge in [0.05, 0.1) is 0 Å². The van der Waals surface area contributed by atoms with E-state index in [2.05, 4.69) is 9.73 Å². The van der Waals surface area contributed by atoms with Gasteiger partial charge in [-0.1, -0.05) is 0 Å². The Bertz CT molecular complexity index is 672. The molecule has 110 valence electrons. The summed E-state index contributed by atoms with van der Waals surface area (Å²) in [5, 5.41) is 0. The standard InChI is InChI=1S/C14H12F2N2O3/c1-7-17-12(14(20)18(7)3)6-9-4-10(15)13(11(16)5-9)21-8(2)19/h4-6H,1-3H3/b12-6+. The van der Waals surface area contributed by atoms with Gasteiger partial charge >= 0.3 is 5.97 Å². The van der Waals surface area contributed by atoms with Crippen LogP contribution in [0.25, 0.3) is 6.08 Å². The number of aliphatic imine (C=N–C) groups is 1. The van der Waals surface area contributed by atoms with E-state index in [9.17, 15) is 18.4 Å². The van der Waals surface area contributed by atoms with Gasteiger partial charge in [-0.25, -0.2) is 13.8 Å². The minimum atomic E-state index is -1.03. The zero-order chi connectivity index (χ0) is 15.7. The summed E-state index contributed by atoms with van der Waals surface area (Å²) in [7, 11) is 1.55. The van der Waals surface area contributed by atoms with Crippen LogP contribution in [0.15, 0.2) is 22.8 Å². The topological polar surface area (TPSA) is 59.0 Å². The van der Waals surface area contributed by atoms with Crippen molar-refractivity contribution in [3.05, 3.63) is 35.0 Å². The lowest BCUT2D eigenvalue weighted by molar-refractivity contribution is -0.132. The number of carbonyl (C=O) groups excluding carboxylic acids is 2. The number of amidine groups is 1. The van der Waals surface area contributed by atoms with Gasteiger partial charge in [0.15, 0.2) is 11.6 Å². The molecule has 1 amide bonds. The second-order valence-corrected chi connectivity index (χ2v) is 4.46. The fraction of sp³-hybridized carbons (Fsp3) is 0.214. The molecule has 1 aliphatic heterocycles. The Hall–Kier alpha value is -2.57. The summed E-state index contributed by atoms with van der Waals surface area (Å²) in [4.78, 5) is 27.9. The molecule has 0 unspecified atom stereocenters. The second kappa shape index (κ2) is 5.43. The number of benzene rings is 1. The zero-order valence-electron chi connectivity index (χ0n) is 11.6. The molecule has 1 aromatic carbocycles. The quantitative estimate of drug-likeness (QED) is 0.477. The molecular formula is C14H12F2N2O3. The summed E-state index contributed by atoms with van der Waals surface area (Å²) in [6.45, 7) is 2.68. The SMILES string of the molecule is CC(=O)Oc1c(F)cc(/C=C2/N=C(C)N(C)C2=O)cc1F. The van der Waals surface area contributed by atoms with Crippen LogP contribution in [0.4, 0.5) is 8.78 Å². The van der Waals surface area contributed by atoms with Crippen LogP contribution < -0.4 is 4.74 Å². The van der Waals surface area contributed by atoms with E-state index in [1.807, 2.05) is 0 Å². The molecular weight excluding hydrogens is 282 g/mol. The van der Waals surface area contributed by atoms with Crippen molar-refractivity contribution in [2.45, 2.75) is 13.8 Å². The number of halogens is 2. The van der Waals surface area contributed by atoms with Gasteiger partial charge in [-0.15, -0.1) is 0 Å². The fourth-order valence-electron chi connectivity index (χ4n) is 1.77. The highest BCUT2D eigenvalue weighted by Crippen LogP contribution is 2.25. The number of ether oxygens (including phenoxy) is 1. The third-order valence-corrected chi connectivity index (χ3v) is 2.86. The molecule has 0 bridgehead atoms. The molecule has 0 atom stereocenters. The van der Waals surface area contributed by atoms with Crippen LogP contribution in [0, 0.1) is 11.6 Å². The van der Waals surface area contributed by atoms with Crippen LogP contribution in [0.3, 0.4) is 0 Å². The molecule has 5 nitrogen and oxygen atoms in total. The molecule has 1 aliphatic rings. The number of likely N-dealkylation sites (N-methyl/N-ethyl adjacent to an activating group) is 1. The van der Waals surface area contributed by atoms with E-state index < -0.39 is 23.4 Å². The highest BCUT2D eigenvalue weighted by atomic mass is 19.1. The zero-order valence-corrected chi connectivity index (χ0v) is 11.6. The number of rotatable bonds is 2. The molecule has 0 spiro atoms. The minimum absolute atomic E-state index is 0.0778. The van der Waals surface area contributed by atoms with E-state index >= 15 is 0 Å². The number of hydrogen-bond donors (Lipinski definition) is 0. The average molecular weight is 294 g/mol. The Balaban J connectivity index is 2.39. The largest absolute Gasteiger partial charge is 0.420 e. The summed E-state index contributed by atoms with van der Waals surface area (Å²) in [6, 6.07) is 1.93. The summed E-state index contributed by atoms with van der Waals surface area (Å²) < 4.78 is 31.9. The third kappa shape index (κ3) is 2.96. The van der Waals surface area contributed by atoms with Crippen LogP contribution in [-0.2, 0) is 9.59 Å². The van der Waals surface area contributed by atoms with E-state index in [1.54, 1.807) is 14.0 Å². The van der Waals surface area contributed by atoms with E-state index in [-0.39, 0.29) is 17.2 Å². The summed E-state index contributed by atoms with van der Waals surface area (Å²) in [5.74, 6) is -3.53. The maximum absolute atomic E-state index is 13.7. The predicted octanol–water partition coefficient (Wildman–Crippen LogP) is 2.12. The van der Waals surface area contributed by atoms with Crippen LogP contribution >= 0.6 is 0 Å². The van der Waals surface area contributed by atoms with Crippen LogP contribution in [0.5, 0.6) is 5.75 Å². The number of hydrogen-bond acceptors (Lipinski definition) is 4. The maximum Gasteiger partial charge on any atom is 0.308 e. The molecule has 0 N–H and O–H groups in total. The summed E-state index contributed by atoms with van der Waals surface area (Å²) >= 11 is 0. The van der Waals surface area contributed by atoms with E-state index in [0.29, 0.717) is 5.84 Å². The Morgan fingerprint density at radius 2 is 1.90 bits per heavy atom. The van der Waals surface area contributed by atoms with E-state index in [4.69, 9.17) is 0 Å². The lowest BCUT2D eigenvalue weighted by Gasteiger charge is -2.07. The molecule has 0 saturated carbocycles. The lowest BCUT2D eigenvalue weighted by atomic mass is 10.1. The molecule has 0 aromatic heterocycles. The average Bonchev–Trinajstić information content (AvgIpc) is 2.61. The number of esters is 1. The van der Waals surface area contributed by atoms with E-state index in [0.717, 1.165) is 19.1 Å². The molecule has 0 saturated heterocycles. The monoisotopic (exact) mass is 294 g/mol. The van der Waals surface area contributed by atoms with Crippen LogP contribution in [-0.4, -0.2) is 29.7 Å². The van der Waals surface area contributed by atoms with Crippen LogP contribution in [0.2, 0.25) is 0 Å². The Morgan fingerprint density at radius 3 is 2.33 bits per heavy atom. The smallest absolute Gasteiger partial charge is 0.308 e. The van der Waals surface area contributed by atoms with Crippen molar-refractivity contribution in [2.24, 2.45) is 4.99 Å². The van der Waals surface area contributed by atoms with Crippen molar-refractivity contribution < 1.29 is 23.1 Å². The third-order valence-electron chi connectivity index (χ3n) is 2.86. The van der Waals surface area contributed by atoms with Gasteiger partial charge in [0, 0.05) is 14.0 Å². The normalized spacial score (nSPS) is 16.4. The van der Waals surface area contributed by atoms with Gasteiger partial charge in [-0.2, -0.15) is 0 Å². The van der Waals surface area contributed by atoms with Crippen molar-refractivity contribution in [1.29, 1.82) is 0 Å². The Kier molecular flexibility index (Phi) is 3.84. The van der Waals surface area contributed by atoms with Crippen molar-refractivity contribution in [3.8, 4) is 5.75 Å². The highest BCUT2D eigenvalue weighted by Gasteiger charge is 2.24. The van der Waals surface area contributed by atoms with Gasteiger partial charge < -0.3 is 4.74 Å². The number of carbonyl (C=O) groups is 2. The minimum Gasteiger partial charge on any atom is -0.420 e. The molecule has 1 heterocycles. The van der Waals surface area contributed by atoms with Gasteiger partial charge in [-0.05, 0) is 30.7 Å². The predicted molar refractivity (Wildman–Crippen MR) is 71.5 cm³/mol. The second-order valence-electron chi connectivity index (χ2n) is 4.46. The molecule has 0 radical (unpaired) electrons. The first-order chi connectivity index (χ1) is 9.79. The maximum atomic E-state index is 13.7. The number of amides is 1. The molecule has 21 heavy (non-hydrogen) atoms.